The van der Waals surface area contributed by atoms with E-state index >= 15 is 0 Å². The molecule has 74 valence electrons. The minimum atomic E-state index is -0.418. The highest BCUT2D eigenvalue weighted by Crippen LogP contribution is 2.02. The largest absolute Gasteiger partial charge is 0.341 e. The molecule has 1 rings (SSSR count). The lowest BCUT2D eigenvalue weighted by Crippen LogP contribution is -2.39. The second-order valence-corrected chi connectivity index (χ2v) is 2.79. The van der Waals surface area contributed by atoms with Crippen molar-refractivity contribution in [3.05, 3.63) is 35.9 Å². The van der Waals surface area contributed by atoms with Gasteiger partial charge in [-0.25, -0.2) is 4.79 Å². The van der Waals surface area contributed by atoms with Gasteiger partial charge in [0.15, 0.2) is 0 Å². The van der Waals surface area contributed by atoms with Crippen molar-refractivity contribution in [3.63, 3.8) is 0 Å². The van der Waals surface area contributed by atoms with Gasteiger partial charge in [0.2, 0.25) is 0 Å². The molecule has 0 aliphatic heterocycles. The van der Waals surface area contributed by atoms with Crippen molar-refractivity contribution < 1.29 is 9.59 Å². The number of imide groups is 1. The zero-order valence-electron chi connectivity index (χ0n) is 8.15. The molecule has 0 aromatic heterocycles. The van der Waals surface area contributed by atoms with E-state index in [1.165, 1.54) is 14.1 Å². The first-order valence-corrected chi connectivity index (χ1v) is 4.21. The van der Waals surface area contributed by atoms with Crippen LogP contribution in [-0.2, 0) is 0 Å². The highest BCUT2D eigenvalue weighted by atomic mass is 16.2. The summed E-state index contributed by atoms with van der Waals surface area (Å²) >= 11 is 0. The zero-order chi connectivity index (χ0) is 10.6. The number of hydrogen-bond donors (Lipinski definition) is 1. The van der Waals surface area contributed by atoms with Crippen LogP contribution < -0.4 is 5.32 Å². The third-order valence-corrected chi connectivity index (χ3v) is 1.84. The fraction of sp³-hybridized carbons (Fsp3) is 0.200. The number of urea groups is 1. The van der Waals surface area contributed by atoms with Crippen LogP contribution in [0.2, 0.25) is 0 Å². The Bertz CT molecular complexity index is 335. The van der Waals surface area contributed by atoms with Crippen molar-refractivity contribution in [3.8, 4) is 0 Å². The molecule has 0 heterocycles. The van der Waals surface area contributed by atoms with Gasteiger partial charge in [-0.3, -0.25) is 9.69 Å². The molecule has 14 heavy (non-hydrogen) atoms. The predicted molar refractivity (Wildman–Crippen MR) is 53.0 cm³/mol. The minimum Gasteiger partial charge on any atom is -0.341 e. The first-order valence-electron chi connectivity index (χ1n) is 4.21. The zero-order valence-corrected chi connectivity index (χ0v) is 8.15. The quantitative estimate of drug-likeness (QED) is 0.724. The van der Waals surface area contributed by atoms with E-state index in [4.69, 9.17) is 0 Å². The lowest BCUT2D eigenvalue weighted by Gasteiger charge is -2.14. The number of nitrogens with zero attached hydrogens (tertiary/aromatic N) is 1. The summed E-state index contributed by atoms with van der Waals surface area (Å²) in [5.41, 5.74) is 0.499. The fourth-order valence-electron chi connectivity index (χ4n) is 1.03. The number of hydrogen-bond acceptors (Lipinski definition) is 2. The Morgan fingerprint density at radius 1 is 1.21 bits per heavy atom. The Balaban J connectivity index is 2.81. The van der Waals surface area contributed by atoms with Crippen molar-refractivity contribution >= 4 is 11.9 Å². The van der Waals surface area contributed by atoms with Crippen LogP contribution in [0.4, 0.5) is 4.79 Å². The molecule has 1 aromatic carbocycles. The highest BCUT2D eigenvalue weighted by Gasteiger charge is 2.16. The van der Waals surface area contributed by atoms with Gasteiger partial charge in [-0.1, -0.05) is 18.2 Å². The highest BCUT2D eigenvalue weighted by molar-refractivity contribution is 6.03. The van der Waals surface area contributed by atoms with E-state index < -0.39 is 6.03 Å². The van der Waals surface area contributed by atoms with Crippen molar-refractivity contribution in [2.75, 3.05) is 14.1 Å². The Morgan fingerprint density at radius 2 is 1.79 bits per heavy atom. The maximum absolute atomic E-state index is 11.6. The van der Waals surface area contributed by atoms with Gasteiger partial charge in [0, 0.05) is 19.7 Å². The van der Waals surface area contributed by atoms with Crippen molar-refractivity contribution in [2.24, 2.45) is 0 Å². The first-order chi connectivity index (χ1) is 6.66. The summed E-state index contributed by atoms with van der Waals surface area (Å²) in [4.78, 5) is 23.8. The van der Waals surface area contributed by atoms with E-state index in [0.717, 1.165) is 4.90 Å². The third kappa shape index (κ3) is 2.10. The Hall–Kier alpha value is -1.84. The molecule has 1 aromatic rings. The summed E-state index contributed by atoms with van der Waals surface area (Å²) < 4.78 is 0. The molecule has 3 amide bonds. The number of carbonyl (C=O) groups is 2. The summed E-state index contributed by atoms with van der Waals surface area (Å²) in [5, 5.41) is 2.38. The van der Waals surface area contributed by atoms with Crippen LogP contribution in [0.5, 0.6) is 0 Å². The molecule has 4 heteroatoms. The topological polar surface area (TPSA) is 49.4 Å². The summed E-state index contributed by atoms with van der Waals surface area (Å²) in [6.07, 6.45) is 0. The molecular weight excluding hydrogens is 180 g/mol. The lowest BCUT2D eigenvalue weighted by atomic mass is 10.2. The maximum Gasteiger partial charge on any atom is 0.323 e. The van der Waals surface area contributed by atoms with Crippen LogP contribution in [-0.4, -0.2) is 30.9 Å². The fourth-order valence-corrected chi connectivity index (χ4v) is 1.03. The average molecular weight is 192 g/mol. The van der Waals surface area contributed by atoms with E-state index in [9.17, 15) is 9.59 Å². The molecule has 0 fully saturated rings. The molecule has 0 saturated heterocycles. The third-order valence-electron chi connectivity index (χ3n) is 1.84. The SMILES string of the molecule is CNC(=O)N(C)C(=O)c1ccccc1. The van der Waals surface area contributed by atoms with Crippen LogP contribution in [0.25, 0.3) is 0 Å². The Morgan fingerprint density at radius 3 is 2.29 bits per heavy atom. The average Bonchev–Trinajstić information content (AvgIpc) is 2.27. The van der Waals surface area contributed by atoms with Crippen LogP contribution in [0.1, 0.15) is 10.4 Å². The number of amides is 3. The van der Waals surface area contributed by atoms with Crippen molar-refractivity contribution in [1.29, 1.82) is 0 Å². The Labute approximate surface area is 82.5 Å². The maximum atomic E-state index is 11.6. The van der Waals surface area contributed by atoms with Gasteiger partial charge in [-0.15, -0.1) is 0 Å². The van der Waals surface area contributed by atoms with E-state index in [-0.39, 0.29) is 5.91 Å². The molecule has 0 spiro atoms. The van der Waals surface area contributed by atoms with E-state index in [2.05, 4.69) is 5.32 Å². The monoisotopic (exact) mass is 192 g/mol. The molecular formula is C10H12N2O2. The van der Waals surface area contributed by atoms with Crippen molar-refractivity contribution in [2.45, 2.75) is 0 Å². The van der Waals surface area contributed by atoms with Crippen LogP contribution >= 0.6 is 0 Å². The van der Waals surface area contributed by atoms with Gasteiger partial charge in [0.05, 0.1) is 0 Å². The smallest absolute Gasteiger partial charge is 0.323 e. The number of benzene rings is 1. The van der Waals surface area contributed by atoms with Gasteiger partial charge in [-0.05, 0) is 12.1 Å². The van der Waals surface area contributed by atoms with Gasteiger partial charge >= 0.3 is 6.03 Å². The first kappa shape index (κ1) is 10.2. The van der Waals surface area contributed by atoms with Crippen molar-refractivity contribution in [1.82, 2.24) is 10.2 Å². The molecule has 0 aliphatic rings. The number of carbonyl (C=O) groups excluding carboxylic acids is 2. The molecule has 0 radical (unpaired) electrons. The molecule has 4 nitrogen and oxygen atoms in total. The van der Waals surface area contributed by atoms with Gasteiger partial charge in [-0.2, -0.15) is 0 Å². The second kappa shape index (κ2) is 4.41. The van der Waals surface area contributed by atoms with Crippen LogP contribution in [0.3, 0.4) is 0 Å². The van der Waals surface area contributed by atoms with E-state index in [1.54, 1.807) is 24.3 Å². The van der Waals surface area contributed by atoms with E-state index in [1.807, 2.05) is 6.07 Å². The number of nitrogens with one attached hydrogen (secondary N) is 1. The summed E-state index contributed by atoms with van der Waals surface area (Å²) in [6.45, 7) is 0. The minimum absolute atomic E-state index is 0.315. The van der Waals surface area contributed by atoms with Gasteiger partial charge < -0.3 is 5.32 Å². The normalized spacial score (nSPS) is 9.29. The van der Waals surface area contributed by atoms with E-state index in [0.29, 0.717) is 5.56 Å². The second-order valence-electron chi connectivity index (χ2n) is 2.79. The standard InChI is InChI=1S/C10H12N2O2/c1-11-10(14)12(2)9(13)8-6-4-3-5-7-8/h3-7H,1-2H3,(H,11,14). The van der Waals surface area contributed by atoms with Crippen LogP contribution in [0.15, 0.2) is 30.3 Å². The molecule has 1 N–H and O–H groups in total. The molecule has 0 unspecified atom stereocenters. The summed E-state index contributed by atoms with van der Waals surface area (Å²) in [6, 6.07) is 8.25. The molecule has 0 bridgehead atoms. The molecule has 0 atom stereocenters. The lowest BCUT2D eigenvalue weighted by molar-refractivity contribution is 0.0833. The molecule has 0 aliphatic carbocycles. The molecule has 0 saturated carbocycles. The van der Waals surface area contributed by atoms with Crippen LogP contribution in [0, 0.1) is 0 Å². The van der Waals surface area contributed by atoms with Gasteiger partial charge in [0.25, 0.3) is 5.91 Å². The van der Waals surface area contributed by atoms with Gasteiger partial charge in [0.1, 0.15) is 0 Å². The number of rotatable bonds is 1. The predicted octanol–water partition coefficient (Wildman–Crippen LogP) is 1.10. The summed E-state index contributed by atoms with van der Waals surface area (Å²) in [5.74, 6) is -0.315. The summed E-state index contributed by atoms with van der Waals surface area (Å²) in [7, 11) is 2.92. The Kier molecular flexibility index (Phi) is 3.23.